The summed E-state index contributed by atoms with van der Waals surface area (Å²) in [5.41, 5.74) is 3.68. The van der Waals surface area contributed by atoms with E-state index < -0.39 is 0 Å². The van der Waals surface area contributed by atoms with Gasteiger partial charge in [-0.3, -0.25) is 14.6 Å². The molecular formula is C26H27N3O2. The lowest BCUT2D eigenvalue weighted by molar-refractivity contribution is -0.126. The van der Waals surface area contributed by atoms with Gasteiger partial charge in [0.15, 0.2) is 0 Å². The Morgan fingerprint density at radius 2 is 1.61 bits per heavy atom. The summed E-state index contributed by atoms with van der Waals surface area (Å²) < 4.78 is 0. The summed E-state index contributed by atoms with van der Waals surface area (Å²) in [5, 5.41) is 3.23. The van der Waals surface area contributed by atoms with Crippen molar-refractivity contribution in [1.82, 2.24) is 15.2 Å². The summed E-state index contributed by atoms with van der Waals surface area (Å²) >= 11 is 0. The van der Waals surface area contributed by atoms with E-state index >= 15 is 0 Å². The summed E-state index contributed by atoms with van der Waals surface area (Å²) in [6.07, 6.45) is 3.07. The summed E-state index contributed by atoms with van der Waals surface area (Å²) in [6.45, 7) is 3.22. The van der Waals surface area contributed by atoms with Gasteiger partial charge in [0.05, 0.1) is 11.7 Å². The van der Waals surface area contributed by atoms with E-state index in [4.69, 9.17) is 0 Å². The number of hydrogen-bond donors (Lipinski definition) is 1. The highest BCUT2D eigenvalue weighted by Crippen LogP contribution is 2.26. The molecule has 0 bridgehead atoms. The van der Waals surface area contributed by atoms with Gasteiger partial charge < -0.3 is 10.2 Å². The monoisotopic (exact) mass is 413 g/mol. The average Bonchev–Trinajstić information content (AvgIpc) is 2.84. The Bertz CT molecular complexity index is 1030. The van der Waals surface area contributed by atoms with Crippen LogP contribution in [0.4, 0.5) is 0 Å². The third kappa shape index (κ3) is 4.82. The predicted molar refractivity (Wildman–Crippen MR) is 120 cm³/mol. The van der Waals surface area contributed by atoms with E-state index in [-0.39, 0.29) is 23.8 Å². The van der Waals surface area contributed by atoms with Crippen LogP contribution in [-0.2, 0) is 4.79 Å². The average molecular weight is 414 g/mol. The number of hydrogen-bond acceptors (Lipinski definition) is 3. The van der Waals surface area contributed by atoms with Crippen molar-refractivity contribution in [1.29, 1.82) is 0 Å². The number of aryl methyl sites for hydroxylation is 1. The van der Waals surface area contributed by atoms with Crippen molar-refractivity contribution >= 4 is 11.8 Å². The maximum Gasteiger partial charge on any atom is 0.253 e. The normalized spacial score (nSPS) is 15.3. The maximum atomic E-state index is 13.2. The first-order chi connectivity index (χ1) is 15.1. The summed E-state index contributed by atoms with van der Waals surface area (Å²) in [7, 11) is 0. The van der Waals surface area contributed by atoms with Crippen molar-refractivity contribution in [2.24, 2.45) is 5.92 Å². The van der Waals surface area contributed by atoms with Crippen LogP contribution in [0.2, 0.25) is 0 Å². The lowest BCUT2D eigenvalue weighted by Gasteiger charge is -2.32. The molecule has 1 aliphatic heterocycles. The van der Waals surface area contributed by atoms with E-state index in [1.165, 1.54) is 0 Å². The molecule has 0 radical (unpaired) electrons. The highest BCUT2D eigenvalue weighted by Gasteiger charge is 2.30. The Balaban J connectivity index is 1.44. The van der Waals surface area contributed by atoms with Crippen LogP contribution in [0.1, 0.15) is 46.1 Å². The zero-order valence-electron chi connectivity index (χ0n) is 17.7. The summed E-state index contributed by atoms with van der Waals surface area (Å²) in [4.78, 5) is 32.2. The van der Waals surface area contributed by atoms with Crippen LogP contribution in [0.5, 0.6) is 0 Å². The topological polar surface area (TPSA) is 62.3 Å². The van der Waals surface area contributed by atoms with Gasteiger partial charge in [-0.15, -0.1) is 0 Å². The quantitative estimate of drug-likeness (QED) is 0.684. The van der Waals surface area contributed by atoms with E-state index in [9.17, 15) is 9.59 Å². The highest BCUT2D eigenvalue weighted by atomic mass is 16.2. The molecule has 2 aromatic carbocycles. The Morgan fingerprint density at radius 1 is 0.935 bits per heavy atom. The molecule has 1 fully saturated rings. The molecule has 3 aromatic rings. The summed E-state index contributed by atoms with van der Waals surface area (Å²) in [6, 6.07) is 22.8. The van der Waals surface area contributed by atoms with Crippen LogP contribution >= 0.6 is 0 Å². The fraction of sp³-hybridized carbons (Fsp3) is 0.269. The van der Waals surface area contributed by atoms with Crippen molar-refractivity contribution in [2.45, 2.75) is 25.8 Å². The molecule has 0 spiro atoms. The molecule has 1 saturated heterocycles. The number of rotatable bonds is 5. The van der Waals surface area contributed by atoms with Gasteiger partial charge in [0.2, 0.25) is 5.91 Å². The van der Waals surface area contributed by atoms with Crippen LogP contribution in [0.3, 0.4) is 0 Å². The largest absolute Gasteiger partial charge is 0.343 e. The van der Waals surface area contributed by atoms with Crippen LogP contribution in [0.15, 0.2) is 79.0 Å². The first-order valence-corrected chi connectivity index (χ1v) is 10.7. The molecular weight excluding hydrogens is 386 g/mol. The number of aromatic nitrogens is 1. The molecule has 0 aliphatic carbocycles. The van der Waals surface area contributed by atoms with E-state index in [0.717, 1.165) is 16.8 Å². The molecule has 158 valence electrons. The Morgan fingerprint density at radius 3 is 2.29 bits per heavy atom. The van der Waals surface area contributed by atoms with Crippen molar-refractivity contribution < 1.29 is 9.59 Å². The number of benzene rings is 2. The Hall–Kier alpha value is -3.47. The van der Waals surface area contributed by atoms with E-state index in [2.05, 4.69) is 10.3 Å². The Kier molecular flexibility index (Phi) is 6.41. The van der Waals surface area contributed by atoms with Crippen LogP contribution in [-0.4, -0.2) is 34.8 Å². The molecule has 4 rings (SSSR count). The summed E-state index contributed by atoms with van der Waals surface area (Å²) in [5.74, 6) is -0.0634. The molecule has 0 saturated carbocycles. The first-order valence-electron chi connectivity index (χ1n) is 10.7. The van der Waals surface area contributed by atoms with Crippen LogP contribution < -0.4 is 5.32 Å². The van der Waals surface area contributed by atoms with Crippen molar-refractivity contribution in [3.63, 3.8) is 0 Å². The molecule has 2 heterocycles. The molecule has 5 heteroatoms. The van der Waals surface area contributed by atoms with Crippen LogP contribution in [0, 0.1) is 12.8 Å². The van der Waals surface area contributed by atoms with Crippen molar-refractivity contribution in [2.75, 3.05) is 13.1 Å². The van der Waals surface area contributed by atoms with E-state index in [1.807, 2.05) is 84.6 Å². The number of carbonyl (C=O) groups is 2. The fourth-order valence-electron chi connectivity index (χ4n) is 4.14. The van der Waals surface area contributed by atoms with Gasteiger partial charge in [-0.05, 0) is 55.2 Å². The fourth-order valence-corrected chi connectivity index (χ4v) is 4.14. The second-order valence-electron chi connectivity index (χ2n) is 7.99. The van der Waals surface area contributed by atoms with Gasteiger partial charge >= 0.3 is 0 Å². The molecule has 1 aromatic heterocycles. The van der Waals surface area contributed by atoms with Gasteiger partial charge in [0.25, 0.3) is 5.91 Å². The number of nitrogens with one attached hydrogen (secondary N) is 1. The second kappa shape index (κ2) is 9.56. The minimum atomic E-state index is -0.293. The van der Waals surface area contributed by atoms with Crippen molar-refractivity contribution in [3.05, 3.63) is 101 Å². The van der Waals surface area contributed by atoms with Crippen molar-refractivity contribution in [3.8, 4) is 0 Å². The lowest BCUT2D eigenvalue weighted by atomic mass is 9.93. The third-order valence-electron chi connectivity index (χ3n) is 5.94. The van der Waals surface area contributed by atoms with Gasteiger partial charge in [0.1, 0.15) is 0 Å². The zero-order chi connectivity index (χ0) is 21.6. The minimum Gasteiger partial charge on any atom is -0.343 e. The Labute approximate surface area is 183 Å². The number of amides is 2. The first kappa shape index (κ1) is 20.8. The minimum absolute atomic E-state index is 0.0192. The number of carbonyl (C=O) groups excluding carboxylic acids is 2. The SMILES string of the molecule is Cc1ccccc1C(NC(=O)C1CCN(C(=O)c2ccccc2)CC1)c1ccccn1. The molecule has 1 N–H and O–H groups in total. The molecule has 1 unspecified atom stereocenters. The second-order valence-corrected chi connectivity index (χ2v) is 7.99. The smallest absolute Gasteiger partial charge is 0.253 e. The lowest BCUT2D eigenvalue weighted by Crippen LogP contribution is -2.44. The number of piperidine rings is 1. The van der Waals surface area contributed by atoms with Gasteiger partial charge in [-0.1, -0.05) is 48.5 Å². The van der Waals surface area contributed by atoms with E-state index in [1.54, 1.807) is 6.20 Å². The predicted octanol–water partition coefficient (Wildman–Crippen LogP) is 4.15. The number of likely N-dealkylation sites (tertiary alicyclic amines) is 1. The standard InChI is InChI=1S/C26H27N3O2/c1-19-9-5-6-12-22(19)24(23-13-7-8-16-27-23)28-25(30)20-14-17-29(18-15-20)26(31)21-10-3-2-4-11-21/h2-13,16,20,24H,14-15,17-18H2,1H3,(H,28,30). The molecule has 1 aliphatic rings. The molecule has 2 amide bonds. The number of nitrogens with zero attached hydrogens (tertiary/aromatic N) is 2. The van der Waals surface area contributed by atoms with E-state index in [0.29, 0.717) is 31.5 Å². The van der Waals surface area contributed by atoms with Gasteiger partial charge in [-0.25, -0.2) is 0 Å². The highest BCUT2D eigenvalue weighted by molar-refractivity contribution is 5.94. The molecule has 31 heavy (non-hydrogen) atoms. The molecule has 5 nitrogen and oxygen atoms in total. The number of pyridine rings is 1. The zero-order valence-corrected chi connectivity index (χ0v) is 17.7. The third-order valence-corrected chi connectivity index (χ3v) is 5.94. The molecule has 1 atom stereocenters. The maximum absolute atomic E-state index is 13.2. The van der Waals surface area contributed by atoms with Gasteiger partial charge in [0, 0.05) is 30.8 Å². The van der Waals surface area contributed by atoms with Gasteiger partial charge in [-0.2, -0.15) is 0 Å². The van der Waals surface area contributed by atoms with Crippen LogP contribution in [0.25, 0.3) is 0 Å².